The molecule has 0 bridgehead atoms. The van der Waals surface area contributed by atoms with Gasteiger partial charge in [0.05, 0.1) is 0 Å². The molecule has 0 unspecified atom stereocenters. The zero-order chi connectivity index (χ0) is 29.3. The number of benzene rings is 3. The molecule has 5 heteroatoms. The van der Waals surface area contributed by atoms with Crippen molar-refractivity contribution in [2.75, 3.05) is 0 Å². The second-order valence-corrected chi connectivity index (χ2v) is 11.7. The van der Waals surface area contributed by atoms with Crippen molar-refractivity contribution in [3.63, 3.8) is 0 Å². The highest BCUT2D eigenvalue weighted by molar-refractivity contribution is 6.31. The minimum Gasteiger partial charge on any atom is -0.425 e. The van der Waals surface area contributed by atoms with Crippen LogP contribution in [0, 0.1) is 0 Å². The normalized spacial score (nSPS) is 11.3. The van der Waals surface area contributed by atoms with E-state index in [2.05, 4.69) is 13.8 Å². The third-order valence-corrected chi connectivity index (χ3v) is 8.02. The van der Waals surface area contributed by atoms with Crippen LogP contribution in [-0.4, -0.2) is 11.9 Å². The van der Waals surface area contributed by atoms with Crippen molar-refractivity contribution in [1.82, 2.24) is 0 Å². The van der Waals surface area contributed by atoms with Crippen molar-refractivity contribution in [3.05, 3.63) is 47.5 Å². The molecule has 0 aromatic heterocycles. The molecule has 0 aliphatic rings. The molecule has 0 aliphatic heterocycles. The Morgan fingerprint density at radius 3 is 1.39 bits per heavy atom. The quantitative estimate of drug-likeness (QED) is 0.0577. The number of halogens is 1. The smallest absolute Gasteiger partial charge is 0.311 e. The maximum atomic E-state index is 12.9. The van der Waals surface area contributed by atoms with E-state index in [1.54, 1.807) is 12.1 Å². The third kappa shape index (κ3) is 11.0. The average molecular weight is 581 g/mol. The van der Waals surface area contributed by atoms with Crippen molar-refractivity contribution >= 4 is 45.1 Å². The Morgan fingerprint density at radius 2 is 0.927 bits per heavy atom. The highest BCUT2D eigenvalue weighted by atomic mass is 35.5. The second-order valence-electron chi connectivity index (χ2n) is 11.3. The summed E-state index contributed by atoms with van der Waals surface area (Å²) in [5.41, 5.74) is 0. The number of carbonyl (C=O) groups excluding carboxylic acids is 2. The standard InChI is InChI=1S/C36H49ClO4/c1-3-5-7-9-11-13-15-17-23-33(38)40-35-29-21-19-20-22-30(29)36(32-27-28(37)25-26-31(32)35)41-34(39)24-18-16-14-12-10-8-6-4-2/h19-22,25-27H,3-18,23-24H2,1-2H3. The topological polar surface area (TPSA) is 52.6 Å². The summed E-state index contributed by atoms with van der Waals surface area (Å²) in [6.45, 7) is 4.45. The summed E-state index contributed by atoms with van der Waals surface area (Å²) >= 11 is 6.39. The predicted octanol–water partition coefficient (Wildman–Crippen LogP) is 11.5. The molecule has 0 spiro atoms. The zero-order valence-corrected chi connectivity index (χ0v) is 26.0. The maximum Gasteiger partial charge on any atom is 0.311 e. The first kappa shape index (κ1) is 32.9. The van der Waals surface area contributed by atoms with Gasteiger partial charge in [-0.25, -0.2) is 0 Å². The van der Waals surface area contributed by atoms with Crippen LogP contribution in [0.25, 0.3) is 21.5 Å². The molecule has 41 heavy (non-hydrogen) atoms. The van der Waals surface area contributed by atoms with Crippen LogP contribution in [0.5, 0.6) is 11.5 Å². The fourth-order valence-corrected chi connectivity index (χ4v) is 5.60. The molecule has 3 aromatic carbocycles. The zero-order valence-electron chi connectivity index (χ0n) is 25.3. The number of unbranched alkanes of at least 4 members (excludes halogenated alkanes) is 14. The summed E-state index contributed by atoms with van der Waals surface area (Å²) in [7, 11) is 0. The first-order valence-corrected chi connectivity index (χ1v) is 16.5. The molecule has 4 nitrogen and oxygen atoms in total. The number of fused-ring (bicyclic) bond motifs is 2. The molecular formula is C36H49ClO4. The number of esters is 2. The van der Waals surface area contributed by atoms with E-state index in [4.69, 9.17) is 21.1 Å². The summed E-state index contributed by atoms with van der Waals surface area (Å²) < 4.78 is 12.0. The third-order valence-electron chi connectivity index (χ3n) is 7.79. The Labute approximate surface area is 252 Å². The molecule has 0 saturated heterocycles. The molecule has 0 heterocycles. The lowest BCUT2D eigenvalue weighted by atomic mass is 10.0. The van der Waals surface area contributed by atoms with E-state index < -0.39 is 0 Å². The van der Waals surface area contributed by atoms with E-state index in [0.29, 0.717) is 40.1 Å². The molecule has 0 saturated carbocycles. The highest BCUT2D eigenvalue weighted by Gasteiger charge is 2.20. The van der Waals surface area contributed by atoms with Crippen molar-refractivity contribution < 1.29 is 19.1 Å². The van der Waals surface area contributed by atoms with E-state index in [-0.39, 0.29) is 11.9 Å². The average Bonchev–Trinajstić information content (AvgIpc) is 2.97. The minimum absolute atomic E-state index is 0.239. The van der Waals surface area contributed by atoms with Gasteiger partial charge >= 0.3 is 11.9 Å². The van der Waals surface area contributed by atoms with E-state index in [1.807, 2.05) is 30.3 Å². The molecule has 224 valence electrons. The SMILES string of the molecule is CCCCCCCCCCC(=O)Oc1c2ccccc2c(OC(=O)CCCCCCCCCC)c2cc(Cl)ccc12. The number of ether oxygens (including phenoxy) is 2. The summed E-state index contributed by atoms with van der Waals surface area (Å²) in [6, 6.07) is 13.0. The van der Waals surface area contributed by atoms with Gasteiger partial charge in [-0.1, -0.05) is 140 Å². The van der Waals surface area contributed by atoms with Crippen LogP contribution in [0.3, 0.4) is 0 Å². The Bertz CT molecular complexity index is 1240. The van der Waals surface area contributed by atoms with Gasteiger partial charge in [-0.15, -0.1) is 0 Å². The van der Waals surface area contributed by atoms with Gasteiger partial charge in [-0.05, 0) is 31.0 Å². The van der Waals surface area contributed by atoms with Crippen molar-refractivity contribution in [1.29, 1.82) is 0 Å². The molecule has 3 aromatic rings. The van der Waals surface area contributed by atoms with Gasteiger partial charge in [0.25, 0.3) is 0 Å². The van der Waals surface area contributed by atoms with Gasteiger partial charge in [-0.3, -0.25) is 9.59 Å². The van der Waals surface area contributed by atoms with Crippen LogP contribution in [0.1, 0.15) is 129 Å². The van der Waals surface area contributed by atoms with Crippen LogP contribution in [0.2, 0.25) is 5.02 Å². The molecule has 0 fully saturated rings. The van der Waals surface area contributed by atoms with Crippen molar-refractivity contribution in [2.24, 2.45) is 0 Å². The number of carbonyl (C=O) groups is 2. The molecule has 0 atom stereocenters. The molecule has 0 radical (unpaired) electrons. The van der Waals surface area contributed by atoms with Gasteiger partial charge < -0.3 is 9.47 Å². The number of hydrogen-bond acceptors (Lipinski definition) is 4. The van der Waals surface area contributed by atoms with Gasteiger partial charge in [-0.2, -0.15) is 0 Å². The van der Waals surface area contributed by atoms with Crippen LogP contribution in [0.4, 0.5) is 0 Å². The molecule has 0 amide bonds. The Balaban J connectivity index is 1.67. The lowest BCUT2D eigenvalue weighted by Crippen LogP contribution is -2.10. The Hall–Kier alpha value is -2.59. The Morgan fingerprint density at radius 1 is 0.537 bits per heavy atom. The van der Waals surface area contributed by atoms with E-state index in [0.717, 1.165) is 49.3 Å². The van der Waals surface area contributed by atoms with Crippen molar-refractivity contribution in [3.8, 4) is 11.5 Å². The fraction of sp³-hybridized carbons (Fsp3) is 0.556. The highest BCUT2D eigenvalue weighted by Crippen LogP contribution is 2.44. The first-order valence-electron chi connectivity index (χ1n) is 16.1. The molecule has 0 N–H and O–H groups in total. The lowest BCUT2D eigenvalue weighted by Gasteiger charge is -2.17. The summed E-state index contributed by atoms with van der Waals surface area (Å²) in [5, 5.41) is 3.41. The molecule has 0 aliphatic carbocycles. The lowest BCUT2D eigenvalue weighted by molar-refractivity contribution is -0.135. The number of hydrogen-bond donors (Lipinski definition) is 0. The van der Waals surface area contributed by atoms with E-state index >= 15 is 0 Å². The number of rotatable bonds is 20. The fourth-order valence-electron chi connectivity index (χ4n) is 5.43. The summed E-state index contributed by atoms with van der Waals surface area (Å²) in [5.74, 6) is 0.490. The van der Waals surface area contributed by atoms with Gasteiger partial charge in [0.1, 0.15) is 11.5 Å². The molecule has 3 rings (SSSR count). The molecular weight excluding hydrogens is 532 g/mol. The van der Waals surface area contributed by atoms with Gasteiger partial charge in [0, 0.05) is 39.4 Å². The van der Waals surface area contributed by atoms with Gasteiger partial charge in [0.2, 0.25) is 0 Å². The summed E-state index contributed by atoms with van der Waals surface area (Å²) in [4.78, 5) is 25.8. The van der Waals surface area contributed by atoms with Crippen molar-refractivity contribution in [2.45, 2.75) is 129 Å². The van der Waals surface area contributed by atoms with Crippen LogP contribution in [0.15, 0.2) is 42.5 Å². The first-order chi connectivity index (χ1) is 20.0. The largest absolute Gasteiger partial charge is 0.425 e. The van der Waals surface area contributed by atoms with Crippen LogP contribution >= 0.6 is 11.6 Å². The Kier molecular flexibility index (Phi) is 15.1. The second kappa shape index (κ2) is 18.8. The summed E-state index contributed by atoms with van der Waals surface area (Å²) in [6.07, 6.45) is 19.5. The van der Waals surface area contributed by atoms with Crippen LogP contribution < -0.4 is 9.47 Å². The minimum atomic E-state index is -0.248. The van der Waals surface area contributed by atoms with E-state index in [9.17, 15) is 9.59 Å². The monoisotopic (exact) mass is 580 g/mol. The predicted molar refractivity (Wildman–Crippen MR) is 172 cm³/mol. The van der Waals surface area contributed by atoms with E-state index in [1.165, 1.54) is 64.2 Å². The van der Waals surface area contributed by atoms with Crippen LogP contribution in [-0.2, 0) is 9.59 Å². The van der Waals surface area contributed by atoms with Gasteiger partial charge in [0.15, 0.2) is 0 Å². The maximum absolute atomic E-state index is 12.9.